The van der Waals surface area contributed by atoms with Crippen LogP contribution in [0.5, 0.6) is 0 Å². The third-order valence-corrected chi connectivity index (χ3v) is 6.07. The van der Waals surface area contributed by atoms with E-state index in [4.69, 9.17) is 11.6 Å². The molecule has 0 spiro atoms. The third kappa shape index (κ3) is 4.19. The van der Waals surface area contributed by atoms with Crippen molar-refractivity contribution in [3.63, 3.8) is 0 Å². The van der Waals surface area contributed by atoms with Gasteiger partial charge in [0.15, 0.2) is 0 Å². The first-order chi connectivity index (χ1) is 12.4. The largest absolute Gasteiger partial charge is 0.349 e. The average molecular weight is 393 g/mol. The van der Waals surface area contributed by atoms with Gasteiger partial charge in [0.05, 0.1) is 18.0 Å². The summed E-state index contributed by atoms with van der Waals surface area (Å²) >= 11 is 6.13. The number of hydrogen-bond acceptors (Lipinski definition) is 3. The number of anilines is 1. The van der Waals surface area contributed by atoms with Crippen LogP contribution in [0.3, 0.4) is 0 Å². The van der Waals surface area contributed by atoms with Crippen molar-refractivity contribution >= 4 is 33.2 Å². The normalized spacial score (nSPS) is 16.8. The van der Waals surface area contributed by atoms with Crippen molar-refractivity contribution in [1.29, 1.82) is 0 Å². The molecule has 0 aliphatic carbocycles. The fraction of sp³-hybridized carbons (Fsp3) is 0.316. The summed E-state index contributed by atoms with van der Waals surface area (Å²) in [6.45, 7) is 0.352. The predicted octanol–water partition coefficient (Wildman–Crippen LogP) is 3.30. The Balaban J connectivity index is 1.70. The molecule has 5 nitrogen and oxygen atoms in total. The maximum atomic E-state index is 12.4. The Morgan fingerprint density at radius 2 is 1.88 bits per heavy atom. The van der Waals surface area contributed by atoms with E-state index in [1.165, 1.54) is 10.6 Å². The van der Waals surface area contributed by atoms with Crippen LogP contribution in [0.15, 0.2) is 48.5 Å². The number of benzene rings is 2. The molecule has 138 valence electrons. The number of para-hydroxylation sites is 1. The quantitative estimate of drug-likeness (QED) is 0.848. The number of amides is 1. The number of carbonyl (C=O) groups is 1. The number of fused-ring (bicyclic) bond motifs is 1. The van der Waals surface area contributed by atoms with Crippen LogP contribution in [0.1, 0.15) is 30.0 Å². The summed E-state index contributed by atoms with van der Waals surface area (Å²) in [6, 6.07) is 14.6. The van der Waals surface area contributed by atoms with Crippen LogP contribution in [0.25, 0.3) is 0 Å². The summed E-state index contributed by atoms with van der Waals surface area (Å²) in [5, 5.41) is 3.69. The highest BCUT2D eigenvalue weighted by Crippen LogP contribution is 2.35. The van der Waals surface area contributed by atoms with E-state index in [2.05, 4.69) is 5.32 Å². The van der Waals surface area contributed by atoms with Crippen LogP contribution in [-0.4, -0.2) is 27.1 Å². The zero-order chi connectivity index (χ0) is 18.7. The summed E-state index contributed by atoms with van der Waals surface area (Å²) in [4.78, 5) is 12.4. The van der Waals surface area contributed by atoms with E-state index >= 15 is 0 Å². The molecule has 1 amide bonds. The summed E-state index contributed by atoms with van der Waals surface area (Å²) < 4.78 is 25.4. The van der Waals surface area contributed by atoms with E-state index in [0.717, 1.165) is 11.1 Å². The first-order valence-corrected chi connectivity index (χ1v) is 10.7. The monoisotopic (exact) mass is 392 g/mol. The molecule has 2 aromatic carbocycles. The molecule has 26 heavy (non-hydrogen) atoms. The van der Waals surface area contributed by atoms with Crippen molar-refractivity contribution in [2.45, 2.75) is 25.3 Å². The molecule has 1 aliphatic heterocycles. The van der Waals surface area contributed by atoms with Gasteiger partial charge in [0.25, 0.3) is 0 Å². The van der Waals surface area contributed by atoms with Crippen LogP contribution < -0.4 is 9.62 Å². The van der Waals surface area contributed by atoms with Gasteiger partial charge in [-0.25, -0.2) is 8.42 Å². The number of nitrogens with one attached hydrogen (secondary N) is 1. The zero-order valence-electron chi connectivity index (χ0n) is 14.5. The average Bonchev–Trinajstić information content (AvgIpc) is 2.60. The summed E-state index contributed by atoms with van der Waals surface area (Å²) in [5.74, 6) is -0.0717. The highest BCUT2D eigenvalue weighted by atomic mass is 35.5. The molecule has 1 unspecified atom stereocenters. The maximum Gasteiger partial charge on any atom is 0.232 e. The second-order valence-corrected chi connectivity index (χ2v) is 8.71. The van der Waals surface area contributed by atoms with E-state index in [0.29, 0.717) is 36.5 Å². The Morgan fingerprint density at radius 1 is 1.19 bits per heavy atom. The minimum absolute atomic E-state index is 0.0717. The molecule has 0 radical (unpaired) electrons. The fourth-order valence-corrected chi connectivity index (χ4v) is 4.43. The van der Waals surface area contributed by atoms with Gasteiger partial charge in [0.1, 0.15) is 0 Å². The van der Waals surface area contributed by atoms with Crippen molar-refractivity contribution in [2.24, 2.45) is 0 Å². The van der Waals surface area contributed by atoms with Crippen molar-refractivity contribution in [1.82, 2.24) is 5.32 Å². The van der Waals surface area contributed by atoms with Crippen molar-refractivity contribution in [3.05, 3.63) is 64.7 Å². The molecule has 0 aromatic heterocycles. The molecule has 1 aliphatic rings. The van der Waals surface area contributed by atoms with Crippen molar-refractivity contribution in [2.75, 3.05) is 17.1 Å². The Morgan fingerprint density at radius 3 is 2.62 bits per heavy atom. The van der Waals surface area contributed by atoms with Gasteiger partial charge in [-0.05, 0) is 36.1 Å². The van der Waals surface area contributed by atoms with Gasteiger partial charge < -0.3 is 5.32 Å². The number of sulfonamides is 1. The Kier molecular flexibility index (Phi) is 5.53. The molecular weight excluding hydrogens is 372 g/mol. The number of hydrogen-bond donors (Lipinski definition) is 1. The number of carbonyl (C=O) groups excluding carboxylic acids is 1. The lowest BCUT2D eigenvalue weighted by molar-refractivity contribution is -0.121. The standard InChI is InChI=1S/C19H21ClN2O3S/c1-26(24,25)22-13-12-17(15-7-3-5-9-18(15)22)21-19(23)11-10-14-6-2-4-8-16(14)20/h2-9,17H,10-13H2,1H3,(H,21,23). The zero-order valence-corrected chi connectivity index (χ0v) is 16.1. The van der Waals surface area contributed by atoms with Gasteiger partial charge in [-0.15, -0.1) is 0 Å². The van der Waals surface area contributed by atoms with E-state index in [1.807, 2.05) is 36.4 Å². The smallest absolute Gasteiger partial charge is 0.232 e. The molecule has 3 rings (SSSR count). The summed E-state index contributed by atoms with van der Waals surface area (Å²) in [7, 11) is -3.34. The Bertz CT molecular complexity index is 915. The van der Waals surface area contributed by atoms with Crippen molar-refractivity contribution < 1.29 is 13.2 Å². The van der Waals surface area contributed by atoms with Gasteiger partial charge in [-0.2, -0.15) is 0 Å². The lowest BCUT2D eigenvalue weighted by Gasteiger charge is -2.34. The first kappa shape index (κ1) is 18.7. The van der Waals surface area contributed by atoms with Crippen LogP contribution in [0.2, 0.25) is 5.02 Å². The number of halogens is 1. The molecule has 0 fully saturated rings. The van der Waals surface area contributed by atoms with Gasteiger partial charge in [-0.3, -0.25) is 9.10 Å². The number of nitrogens with zero attached hydrogens (tertiary/aromatic N) is 1. The first-order valence-electron chi connectivity index (χ1n) is 8.45. The molecule has 1 heterocycles. The van der Waals surface area contributed by atoms with Crippen LogP contribution in [0, 0.1) is 0 Å². The van der Waals surface area contributed by atoms with Gasteiger partial charge in [-0.1, -0.05) is 48.0 Å². The summed E-state index contributed by atoms with van der Waals surface area (Å²) in [6.07, 6.45) is 2.64. The Hall–Kier alpha value is -2.05. The molecule has 1 N–H and O–H groups in total. The second kappa shape index (κ2) is 7.68. The molecule has 2 aromatic rings. The molecule has 0 saturated heterocycles. The van der Waals surface area contributed by atoms with E-state index in [9.17, 15) is 13.2 Å². The molecular formula is C19H21ClN2O3S. The van der Waals surface area contributed by atoms with Crippen LogP contribution in [0.4, 0.5) is 5.69 Å². The molecule has 0 bridgehead atoms. The third-order valence-electron chi connectivity index (χ3n) is 4.52. The van der Waals surface area contributed by atoms with E-state index < -0.39 is 10.0 Å². The predicted molar refractivity (Wildman–Crippen MR) is 104 cm³/mol. The van der Waals surface area contributed by atoms with E-state index in [-0.39, 0.29) is 11.9 Å². The molecule has 0 saturated carbocycles. The van der Waals surface area contributed by atoms with Crippen LogP contribution >= 0.6 is 11.6 Å². The topological polar surface area (TPSA) is 66.5 Å². The number of aryl methyl sites for hydroxylation is 1. The minimum Gasteiger partial charge on any atom is -0.349 e. The SMILES string of the molecule is CS(=O)(=O)N1CCC(NC(=O)CCc2ccccc2Cl)c2ccccc21. The molecule has 7 heteroatoms. The van der Waals surface area contributed by atoms with Gasteiger partial charge in [0.2, 0.25) is 15.9 Å². The van der Waals surface area contributed by atoms with Gasteiger partial charge >= 0.3 is 0 Å². The highest BCUT2D eigenvalue weighted by molar-refractivity contribution is 7.92. The minimum atomic E-state index is -3.34. The fourth-order valence-electron chi connectivity index (χ4n) is 3.24. The van der Waals surface area contributed by atoms with Crippen LogP contribution in [-0.2, 0) is 21.2 Å². The second-order valence-electron chi connectivity index (χ2n) is 6.39. The van der Waals surface area contributed by atoms with Gasteiger partial charge in [0, 0.05) is 18.0 Å². The number of rotatable bonds is 5. The molecule has 1 atom stereocenters. The lowest BCUT2D eigenvalue weighted by Crippen LogP contribution is -2.40. The Labute approximate surface area is 159 Å². The van der Waals surface area contributed by atoms with Crippen molar-refractivity contribution in [3.8, 4) is 0 Å². The lowest BCUT2D eigenvalue weighted by atomic mass is 9.97. The maximum absolute atomic E-state index is 12.4. The van der Waals surface area contributed by atoms with E-state index in [1.54, 1.807) is 12.1 Å². The summed E-state index contributed by atoms with van der Waals surface area (Å²) in [5.41, 5.74) is 2.41. The highest BCUT2D eigenvalue weighted by Gasteiger charge is 2.30.